The second-order valence-corrected chi connectivity index (χ2v) is 16.0. The number of fused-ring (bicyclic) bond motifs is 10. The number of rotatable bonds is 6. The van der Waals surface area contributed by atoms with Crippen LogP contribution in [0, 0.1) is 0 Å². The minimum Gasteiger partial charge on any atom is -0.456 e. The normalized spacial score (nSPS) is 11.8. The lowest BCUT2D eigenvalue weighted by atomic mass is 10.0. The van der Waals surface area contributed by atoms with Gasteiger partial charge in [0, 0.05) is 49.1 Å². The van der Waals surface area contributed by atoms with Gasteiger partial charge in [0.05, 0.1) is 22.1 Å². The topological polar surface area (TPSA) is 61.7 Å². The van der Waals surface area contributed by atoms with Crippen molar-refractivity contribution in [2.45, 2.75) is 0 Å². The fraction of sp³-hybridized carbons (Fsp3) is 0. The maximum atomic E-state index is 6.46. The molecule has 0 aliphatic carbocycles. The molecule has 13 rings (SSSR count). The van der Waals surface area contributed by atoms with Crippen LogP contribution in [0.1, 0.15) is 0 Å². The molecule has 0 saturated heterocycles. The lowest BCUT2D eigenvalue weighted by Crippen LogP contribution is -2.07. The number of para-hydroxylation sites is 2. The molecule has 6 heteroatoms. The molecule has 13 aromatic rings. The van der Waals surface area contributed by atoms with Gasteiger partial charge in [0.25, 0.3) is 0 Å². The van der Waals surface area contributed by atoms with Crippen molar-refractivity contribution in [1.29, 1.82) is 0 Å². The second-order valence-electron chi connectivity index (χ2n) is 16.0. The molecule has 294 valence electrons. The maximum Gasteiger partial charge on any atom is 0.238 e. The summed E-state index contributed by atoms with van der Waals surface area (Å²) in [5.41, 5.74) is 13.3. The first kappa shape index (κ1) is 35.2. The molecule has 0 saturated carbocycles. The molecule has 0 bridgehead atoms. The number of nitrogens with zero attached hydrogens (tertiary/aromatic N) is 5. The van der Waals surface area contributed by atoms with E-state index in [4.69, 9.17) is 19.4 Å². The van der Waals surface area contributed by atoms with E-state index < -0.39 is 0 Å². The van der Waals surface area contributed by atoms with Gasteiger partial charge >= 0.3 is 0 Å². The number of hydrogen-bond acceptors (Lipinski definition) is 4. The summed E-state index contributed by atoms with van der Waals surface area (Å²) in [4.78, 5) is 16.0. The highest BCUT2D eigenvalue weighted by Crippen LogP contribution is 2.42. The highest BCUT2D eigenvalue weighted by molar-refractivity contribution is 6.23. The van der Waals surface area contributed by atoms with Crippen molar-refractivity contribution in [2.75, 3.05) is 0 Å². The number of aromatic nitrogens is 5. The minimum atomic E-state index is 0.539. The summed E-state index contributed by atoms with van der Waals surface area (Å²) < 4.78 is 11.1. The van der Waals surface area contributed by atoms with Gasteiger partial charge in [-0.25, -0.2) is 4.98 Å². The molecule has 4 aromatic heterocycles. The number of benzene rings is 9. The third-order valence-corrected chi connectivity index (χ3v) is 12.4. The lowest BCUT2D eigenvalue weighted by molar-refractivity contribution is 0.669. The third kappa shape index (κ3) is 5.62. The fourth-order valence-electron chi connectivity index (χ4n) is 9.47. The molecule has 0 spiro atoms. The van der Waals surface area contributed by atoms with Crippen LogP contribution in [0.15, 0.2) is 217 Å². The Kier molecular flexibility index (Phi) is 7.80. The van der Waals surface area contributed by atoms with Gasteiger partial charge in [-0.05, 0) is 76.9 Å². The van der Waals surface area contributed by atoms with E-state index in [1.165, 1.54) is 10.9 Å². The van der Waals surface area contributed by atoms with Crippen molar-refractivity contribution in [3.05, 3.63) is 212 Å². The molecule has 0 aliphatic heterocycles. The first-order valence-electron chi connectivity index (χ1n) is 21.2. The molecule has 0 aliphatic rings. The van der Waals surface area contributed by atoms with Crippen molar-refractivity contribution in [2.24, 2.45) is 0 Å². The standard InChI is InChI=1S/C57H35N5O/c1-4-15-36(16-5-1)39-21-14-22-42(33-39)61-49-25-12-10-23-43(49)46-30-31-47-44-24-11-13-26-50(44)62(54(47)53(46)61)57-59-55(38-19-8-3-9-20-38)58-56(60-57)41-28-32-51-48(34-41)45-29-27-40(35-52(45)63-51)37-17-6-2-7-18-37/h1-35H. The van der Waals surface area contributed by atoms with Crippen LogP contribution in [0.3, 0.4) is 0 Å². The SMILES string of the molecule is c1ccc(-c2cccc(-n3c4ccccc4c4ccc5c6ccccc6n(-c6nc(-c7ccccc7)nc(-c7ccc8oc9cc(-c%10ccccc%10)ccc9c8c7)n6)c5c43)c2)cc1. The summed E-state index contributed by atoms with van der Waals surface area (Å²) in [6.07, 6.45) is 0. The van der Waals surface area contributed by atoms with E-state index in [2.05, 4.69) is 191 Å². The van der Waals surface area contributed by atoms with Crippen LogP contribution in [0.4, 0.5) is 0 Å². The monoisotopic (exact) mass is 805 g/mol. The first-order chi connectivity index (χ1) is 31.2. The van der Waals surface area contributed by atoms with E-state index >= 15 is 0 Å². The summed E-state index contributed by atoms with van der Waals surface area (Å²) in [5, 5.41) is 6.61. The summed E-state index contributed by atoms with van der Waals surface area (Å²) in [5.74, 6) is 1.71. The fourth-order valence-corrected chi connectivity index (χ4v) is 9.47. The predicted octanol–water partition coefficient (Wildman–Crippen LogP) is 14.6. The largest absolute Gasteiger partial charge is 0.456 e. The molecule has 63 heavy (non-hydrogen) atoms. The van der Waals surface area contributed by atoms with Crippen LogP contribution in [0.5, 0.6) is 0 Å². The molecule has 0 radical (unpaired) electrons. The zero-order valence-corrected chi connectivity index (χ0v) is 33.9. The van der Waals surface area contributed by atoms with Gasteiger partial charge in [-0.15, -0.1) is 0 Å². The Morgan fingerprint density at radius 1 is 0.302 bits per heavy atom. The Morgan fingerprint density at radius 2 is 0.825 bits per heavy atom. The zero-order chi connectivity index (χ0) is 41.4. The summed E-state index contributed by atoms with van der Waals surface area (Å²) in [7, 11) is 0. The van der Waals surface area contributed by atoms with Crippen LogP contribution < -0.4 is 0 Å². The Bertz CT molecular complexity index is 3900. The van der Waals surface area contributed by atoms with Crippen molar-refractivity contribution < 1.29 is 4.42 Å². The quantitative estimate of drug-likeness (QED) is 0.168. The van der Waals surface area contributed by atoms with Crippen LogP contribution in [0.25, 0.3) is 122 Å². The van der Waals surface area contributed by atoms with Gasteiger partial charge in [0.15, 0.2) is 11.6 Å². The van der Waals surface area contributed by atoms with Gasteiger partial charge in [0.1, 0.15) is 11.2 Å². The lowest BCUT2D eigenvalue weighted by Gasteiger charge is -2.14. The van der Waals surface area contributed by atoms with E-state index in [0.717, 1.165) is 93.7 Å². The predicted molar refractivity (Wildman–Crippen MR) is 258 cm³/mol. The third-order valence-electron chi connectivity index (χ3n) is 12.4. The maximum absolute atomic E-state index is 6.46. The summed E-state index contributed by atoms with van der Waals surface area (Å²) in [6, 6.07) is 74.4. The Balaban J connectivity index is 1.08. The van der Waals surface area contributed by atoms with E-state index in [9.17, 15) is 0 Å². The van der Waals surface area contributed by atoms with Gasteiger partial charge in [-0.3, -0.25) is 4.57 Å². The van der Waals surface area contributed by atoms with Crippen LogP contribution in [-0.2, 0) is 0 Å². The molecule has 0 N–H and O–H groups in total. The average molecular weight is 806 g/mol. The Labute approximate surface area is 361 Å². The van der Waals surface area contributed by atoms with Gasteiger partial charge in [-0.1, -0.05) is 158 Å². The molecule has 9 aromatic carbocycles. The van der Waals surface area contributed by atoms with E-state index in [1.54, 1.807) is 0 Å². The second kappa shape index (κ2) is 14.0. The van der Waals surface area contributed by atoms with Crippen molar-refractivity contribution in [3.8, 4) is 56.7 Å². The van der Waals surface area contributed by atoms with E-state index in [-0.39, 0.29) is 0 Å². The number of hydrogen-bond donors (Lipinski definition) is 0. The minimum absolute atomic E-state index is 0.539. The molecule has 0 fully saturated rings. The van der Waals surface area contributed by atoms with Crippen LogP contribution in [0.2, 0.25) is 0 Å². The molecular weight excluding hydrogens is 771 g/mol. The van der Waals surface area contributed by atoms with Crippen molar-refractivity contribution in [1.82, 2.24) is 24.1 Å². The highest BCUT2D eigenvalue weighted by Gasteiger charge is 2.24. The summed E-state index contributed by atoms with van der Waals surface area (Å²) >= 11 is 0. The molecule has 6 nitrogen and oxygen atoms in total. The highest BCUT2D eigenvalue weighted by atomic mass is 16.3. The first-order valence-corrected chi connectivity index (χ1v) is 21.2. The van der Waals surface area contributed by atoms with Gasteiger partial charge in [-0.2, -0.15) is 9.97 Å². The van der Waals surface area contributed by atoms with Crippen LogP contribution in [-0.4, -0.2) is 24.1 Å². The molecule has 4 heterocycles. The summed E-state index contributed by atoms with van der Waals surface area (Å²) in [6.45, 7) is 0. The average Bonchev–Trinajstić information content (AvgIpc) is 4.02. The smallest absolute Gasteiger partial charge is 0.238 e. The Hall–Kier alpha value is -8.61. The van der Waals surface area contributed by atoms with Gasteiger partial charge < -0.3 is 8.98 Å². The van der Waals surface area contributed by atoms with Crippen molar-refractivity contribution >= 4 is 65.6 Å². The van der Waals surface area contributed by atoms with Crippen LogP contribution >= 0.6 is 0 Å². The molecule has 0 amide bonds. The Morgan fingerprint density at radius 3 is 1.51 bits per heavy atom. The molecule has 0 atom stereocenters. The number of furan rings is 1. The van der Waals surface area contributed by atoms with E-state index in [0.29, 0.717) is 17.6 Å². The van der Waals surface area contributed by atoms with Gasteiger partial charge in [0.2, 0.25) is 5.95 Å². The zero-order valence-electron chi connectivity index (χ0n) is 33.9. The van der Waals surface area contributed by atoms with Crippen molar-refractivity contribution in [3.63, 3.8) is 0 Å². The van der Waals surface area contributed by atoms with E-state index in [1.807, 2.05) is 30.3 Å². The molecule has 0 unspecified atom stereocenters. The molecular formula is C57H35N5O.